The second kappa shape index (κ2) is 5.65. The number of nitrogen functional groups attached to an aromatic ring is 1. The summed E-state index contributed by atoms with van der Waals surface area (Å²) in [7, 11) is 0. The smallest absolute Gasteiger partial charge is 0.405 e. The van der Waals surface area contributed by atoms with E-state index in [0.717, 1.165) is 11.4 Å². The SMILES string of the molecule is CC(C)N1CC(C#CCNC(=O)O)c2c(N)ncnc21. The molecule has 20 heavy (non-hydrogen) atoms. The molecule has 0 aromatic carbocycles. The van der Waals surface area contributed by atoms with Crippen LogP contribution in [0.4, 0.5) is 16.4 Å². The molecule has 1 aromatic rings. The quantitative estimate of drug-likeness (QED) is 0.684. The number of nitrogens with zero attached hydrogens (tertiary/aromatic N) is 3. The van der Waals surface area contributed by atoms with E-state index in [-0.39, 0.29) is 18.5 Å². The maximum absolute atomic E-state index is 10.4. The van der Waals surface area contributed by atoms with Crippen molar-refractivity contribution in [3.8, 4) is 11.8 Å². The molecule has 2 heterocycles. The van der Waals surface area contributed by atoms with E-state index in [4.69, 9.17) is 10.8 Å². The van der Waals surface area contributed by atoms with Crippen molar-refractivity contribution in [2.75, 3.05) is 23.7 Å². The van der Waals surface area contributed by atoms with Crippen LogP contribution in [0.3, 0.4) is 0 Å². The molecule has 0 spiro atoms. The number of fused-ring (bicyclic) bond motifs is 1. The molecule has 7 nitrogen and oxygen atoms in total. The molecule has 0 aliphatic carbocycles. The number of nitrogens with two attached hydrogens (primary N) is 1. The van der Waals surface area contributed by atoms with Crippen molar-refractivity contribution in [1.82, 2.24) is 15.3 Å². The Morgan fingerprint density at radius 2 is 2.40 bits per heavy atom. The largest absolute Gasteiger partial charge is 0.465 e. The van der Waals surface area contributed by atoms with Crippen molar-refractivity contribution in [3.63, 3.8) is 0 Å². The molecule has 1 aliphatic heterocycles. The fraction of sp³-hybridized carbons (Fsp3) is 0.462. The van der Waals surface area contributed by atoms with Crippen LogP contribution in [0.1, 0.15) is 25.3 Å². The molecule has 0 radical (unpaired) electrons. The van der Waals surface area contributed by atoms with Gasteiger partial charge in [0, 0.05) is 12.6 Å². The van der Waals surface area contributed by atoms with Gasteiger partial charge in [0.2, 0.25) is 0 Å². The third-order valence-corrected chi connectivity index (χ3v) is 3.12. The fourth-order valence-corrected chi connectivity index (χ4v) is 2.20. The minimum atomic E-state index is -1.09. The van der Waals surface area contributed by atoms with Gasteiger partial charge in [-0.15, -0.1) is 0 Å². The molecule has 1 aromatic heterocycles. The first-order valence-corrected chi connectivity index (χ1v) is 6.33. The van der Waals surface area contributed by atoms with E-state index in [9.17, 15) is 4.79 Å². The minimum absolute atomic E-state index is 0.0933. The number of rotatable bonds is 2. The summed E-state index contributed by atoms with van der Waals surface area (Å²) in [6.07, 6.45) is 0.364. The van der Waals surface area contributed by atoms with E-state index in [1.807, 2.05) is 0 Å². The van der Waals surface area contributed by atoms with Gasteiger partial charge in [-0.05, 0) is 13.8 Å². The first kappa shape index (κ1) is 13.9. The standard InChI is InChI=1S/C13H17N5O2/c1-8(2)18-6-9(4-3-5-15-13(19)20)10-11(14)16-7-17-12(10)18/h7-9,15H,5-6H2,1-2H3,(H,19,20)(H2,14,16,17). The van der Waals surface area contributed by atoms with Gasteiger partial charge in [0.25, 0.3) is 0 Å². The van der Waals surface area contributed by atoms with Gasteiger partial charge >= 0.3 is 6.09 Å². The van der Waals surface area contributed by atoms with Gasteiger partial charge in [0.15, 0.2) is 0 Å². The van der Waals surface area contributed by atoms with Gasteiger partial charge in [0.05, 0.1) is 18.0 Å². The van der Waals surface area contributed by atoms with E-state index in [0.29, 0.717) is 12.4 Å². The van der Waals surface area contributed by atoms with Gasteiger partial charge in [-0.3, -0.25) is 0 Å². The molecule has 2 rings (SSSR count). The van der Waals surface area contributed by atoms with Crippen LogP contribution in [0.2, 0.25) is 0 Å². The molecule has 0 bridgehead atoms. The number of anilines is 2. The lowest BCUT2D eigenvalue weighted by atomic mass is 10.0. The van der Waals surface area contributed by atoms with Crippen LogP contribution < -0.4 is 16.0 Å². The molecule has 1 unspecified atom stereocenters. The summed E-state index contributed by atoms with van der Waals surface area (Å²) in [5.41, 5.74) is 6.76. The van der Waals surface area contributed by atoms with Gasteiger partial charge in [-0.25, -0.2) is 14.8 Å². The van der Waals surface area contributed by atoms with Gasteiger partial charge < -0.3 is 21.1 Å². The van der Waals surface area contributed by atoms with E-state index < -0.39 is 6.09 Å². The van der Waals surface area contributed by atoms with Crippen LogP contribution in [0.5, 0.6) is 0 Å². The van der Waals surface area contributed by atoms with Crippen LogP contribution >= 0.6 is 0 Å². The fourth-order valence-electron chi connectivity index (χ4n) is 2.20. The third-order valence-electron chi connectivity index (χ3n) is 3.12. The minimum Gasteiger partial charge on any atom is -0.465 e. The Kier molecular flexibility index (Phi) is 3.94. The van der Waals surface area contributed by atoms with Crippen molar-refractivity contribution in [1.29, 1.82) is 0 Å². The highest BCUT2D eigenvalue weighted by atomic mass is 16.4. The Bertz CT molecular complexity index is 576. The first-order chi connectivity index (χ1) is 9.50. The van der Waals surface area contributed by atoms with Crippen LogP contribution in [0.15, 0.2) is 6.33 Å². The van der Waals surface area contributed by atoms with E-state index in [1.165, 1.54) is 6.33 Å². The predicted molar refractivity (Wildman–Crippen MR) is 75.5 cm³/mol. The molecule has 0 fully saturated rings. The number of carboxylic acid groups (broad SMARTS) is 1. The summed E-state index contributed by atoms with van der Waals surface area (Å²) in [6.45, 7) is 4.93. The van der Waals surface area contributed by atoms with Crippen molar-refractivity contribution in [2.45, 2.75) is 25.8 Å². The normalized spacial score (nSPS) is 16.6. The summed E-state index contributed by atoms with van der Waals surface area (Å²) in [4.78, 5) is 20.8. The highest BCUT2D eigenvalue weighted by Crippen LogP contribution is 2.37. The number of hydrogen-bond acceptors (Lipinski definition) is 5. The predicted octanol–water partition coefficient (Wildman–Crippen LogP) is 0.642. The van der Waals surface area contributed by atoms with E-state index in [2.05, 4.69) is 45.9 Å². The Hall–Kier alpha value is -2.49. The van der Waals surface area contributed by atoms with Crippen LogP contribution in [-0.2, 0) is 0 Å². The number of nitrogens with one attached hydrogen (secondary N) is 1. The van der Waals surface area contributed by atoms with Gasteiger partial charge in [0.1, 0.15) is 18.0 Å². The van der Waals surface area contributed by atoms with E-state index in [1.54, 1.807) is 0 Å². The molecule has 0 saturated heterocycles. The summed E-state index contributed by atoms with van der Waals surface area (Å²) >= 11 is 0. The topological polar surface area (TPSA) is 104 Å². The first-order valence-electron chi connectivity index (χ1n) is 6.33. The number of amides is 1. The second-order valence-corrected chi connectivity index (χ2v) is 4.77. The Labute approximate surface area is 117 Å². The highest BCUT2D eigenvalue weighted by molar-refractivity contribution is 5.66. The average molecular weight is 275 g/mol. The monoisotopic (exact) mass is 275 g/mol. The molecule has 1 aliphatic rings. The molecular weight excluding hydrogens is 258 g/mol. The zero-order chi connectivity index (χ0) is 14.7. The molecular formula is C13H17N5O2. The van der Waals surface area contributed by atoms with Crippen molar-refractivity contribution < 1.29 is 9.90 Å². The van der Waals surface area contributed by atoms with Crippen LogP contribution in [0, 0.1) is 11.8 Å². The second-order valence-electron chi connectivity index (χ2n) is 4.77. The van der Waals surface area contributed by atoms with Crippen molar-refractivity contribution in [3.05, 3.63) is 11.9 Å². The zero-order valence-corrected chi connectivity index (χ0v) is 11.4. The lowest BCUT2D eigenvalue weighted by Crippen LogP contribution is -2.29. The Morgan fingerprint density at radius 3 is 3.05 bits per heavy atom. The molecule has 106 valence electrons. The molecule has 0 saturated carbocycles. The average Bonchev–Trinajstić information content (AvgIpc) is 2.75. The summed E-state index contributed by atoms with van der Waals surface area (Å²) in [6, 6.07) is 0.284. The molecule has 1 atom stereocenters. The van der Waals surface area contributed by atoms with E-state index >= 15 is 0 Å². The third kappa shape index (κ3) is 2.74. The summed E-state index contributed by atoms with van der Waals surface area (Å²) in [5, 5.41) is 10.7. The molecule has 1 amide bonds. The summed E-state index contributed by atoms with van der Waals surface area (Å²) < 4.78 is 0. The molecule has 4 N–H and O–H groups in total. The van der Waals surface area contributed by atoms with Crippen molar-refractivity contribution in [2.24, 2.45) is 0 Å². The van der Waals surface area contributed by atoms with Crippen LogP contribution in [-0.4, -0.2) is 40.3 Å². The number of hydrogen-bond donors (Lipinski definition) is 3. The lowest BCUT2D eigenvalue weighted by molar-refractivity contribution is 0.196. The van der Waals surface area contributed by atoms with Gasteiger partial charge in [-0.1, -0.05) is 11.8 Å². The molecule has 7 heteroatoms. The number of aromatic nitrogens is 2. The Balaban J connectivity index is 2.23. The lowest BCUT2D eigenvalue weighted by Gasteiger charge is -2.22. The van der Waals surface area contributed by atoms with Crippen LogP contribution in [0.25, 0.3) is 0 Å². The van der Waals surface area contributed by atoms with Gasteiger partial charge in [-0.2, -0.15) is 0 Å². The van der Waals surface area contributed by atoms with Crippen molar-refractivity contribution >= 4 is 17.7 Å². The maximum Gasteiger partial charge on any atom is 0.405 e. The maximum atomic E-state index is 10.4. The Morgan fingerprint density at radius 1 is 1.65 bits per heavy atom. The number of carbonyl (C=O) groups is 1. The highest BCUT2D eigenvalue weighted by Gasteiger charge is 2.32. The zero-order valence-electron chi connectivity index (χ0n) is 11.4. The summed E-state index contributed by atoms with van der Waals surface area (Å²) in [5.74, 6) is 7.01.